The number of hydrogen-bond acceptors (Lipinski definition) is 3. The van der Waals surface area contributed by atoms with Gasteiger partial charge in [0.15, 0.2) is 0 Å². The zero-order chi connectivity index (χ0) is 12.8. The predicted molar refractivity (Wildman–Crippen MR) is 71.9 cm³/mol. The highest BCUT2D eigenvalue weighted by Crippen LogP contribution is 2.12. The lowest BCUT2D eigenvalue weighted by atomic mass is 10.1. The minimum atomic E-state index is -0.255. The average Bonchev–Trinajstić information content (AvgIpc) is 2.32. The Morgan fingerprint density at radius 3 is 2.72 bits per heavy atom. The van der Waals surface area contributed by atoms with E-state index in [0.29, 0.717) is 12.3 Å². The largest absolute Gasteiger partial charge is 0.351 e. The van der Waals surface area contributed by atoms with Gasteiger partial charge in [-0.05, 0) is 42.5 Å². The Bertz CT molecular complexity index is 392. The Morgan fingerprint density at radius 2 is 2.11 bits per heavy atom. The summed E-state index contributed by atoms with van der Waals surface area (Å²) in [6.45, 7) is 2.61. The number of halogens is 1. The molecule has 5 heteroatoms. The molecule has 0 bridgehead atoms. The highest BCUT2D eigenvalue weighted by Gasteiger charge is 2.16. The van der Waals surface area contributed by atoms with Crippen LogP contribution in [0.2, 0.25) is 0 Å². The van der Waals surface area contributed by atoms with Crippen LogP contribution in [0.5, 0.6) is 0 Å². The molecule has 0 radical (unpaired) electrons. The number of nitrogens with one attached hydrogen (secondary N) is 2. The van der Waals surface area contributed by atoms with Crippen LogP contribution in [0.25, 0.3) is 0 Å². The standard InChI is InChI=1S/C13H17FN2OS/c14-12-3-1-10(2-4-12)7-16-13(17)9-18-8-11-5-15-6-11/h1-4,11,15H,5-9H2,(H,16,17). The first-order valence-electron chi connectivity index (χ1n) is 6.03. The molecule has 0 atom stereocenters. The first kappa shape index (κ1) is 13.4. The third-order valence-electron chi connectivity index (χ3n) is 2.86. The average molecular weight is 268 g/mol. The maximum Gasteiger partial charge on any atom is 0.230 e. The molecule has 3 nitrogen and oxygen atoms in total. The summed E-state index contributed by atoms with van der Waals surface area (Å²) >= 11 is 1.67. The molecule has 0 saturated carbocycles. The predicted octanol–water partition coefficient (Wildman–Crippen LogP) is 1.39. The molecular weight excluding hydrogens is 251 g/mol. The van der Waals surface area contributed by atoms with Crippen molar-refractivity contribution in [1.82, 2.24) is 10.6 Å². The quantitative estimate of drug-likeness (QED) is 0.819. The normalized spacial score (nSPS) is 15.2. The molecule has 0 spiro atoms. The number of hydrogen-bond donors (Lipinski definition) is 2. The van der Waals surface area contributed by atoms with Gasteiger partial charge in [0, 0.05) is 6.54 Å². The Kier molecular flexibility index (Phi) is 5.01. The molecule has 2 rings (SSSR count). The van der Waals surface area contributed by atoms with E-state index in [1.165, 1.54) is 12.1 Å². The van der Waals surface area contributed by atoms with E-state index in [2.05, 4.69) is 10.6 Å². The maximum atomic E-state index is 12.7. The van der Waals surface area contributed by atoms with Crippen LogP contribution in [0.4, 0.5) is 4.39 Å². The molecular formula is C13H17FN2OS. The minimum Gasteiger partial charge on any atom is -0.351 e. The molecule has 0 aliphatic carbocycles. The van der Waals surface area contributed by atoms with Gasteiger partial charge in [-0.15, -0.1) is 0 Å². The molecule has 0 unspecified atom stereocenters. The number of thioether (sulfide) groups is 1. The summed E-state index contributed by atoms with van der Waals surface area (Å²) in [6, 6.07) is 6.17. The SMILES string of the molecule is O=C(CSCC1CNC1)NCc1ccc(F)cc1. The van der Waals surface area contributed by atoms with Crippen LogP contribution in [0.1, 0.15) is 5.56 Å². The molecule has 1 aromatic carbocycles. The van der Waals surface area contributed by atoms with Crippen molar-refractivity contribution in [1.29, 1.82) is 0 Å². The highest BCUT2D eigenvalue weighted by molar-refractivity contribution is 7.99. The highest BCUT2D eigenvalue weighted by atomic mass is 32.2. The van der Waals surface area contributed by atoms with Crippen LogP contribution in [-0.2, 0) is 11.3 Å². The van der Waals surface area contributed by atoms with Crippen LogP contribution in [0.3, 0.4) is 0 Å². The molecule has 0 aromatic heterocycles. The Hall–Kier alpha value is -1.07. The van der Waals surface area contributed by atoms with Crippen molar-refractivity contribution < 1.29 is 9.18 Å². The van der Waals surface area contributed by atoms with Crippen LogP contribution in [-0.4, -0.2) is 30.5 Å². The van der Waals surface area contributed by atoms with E-state index in [1.54, 1.807) is 23.9 Å². The van der Waals surface area contributed by atoms with Gasteiger partial charge in [0.25, 0.3) is 0 Å². The lowest BCUT2D eigenvalue weighted by molar-refractivity contribution is -0.118. The summed E-state index contributed by atoms with van der Waals surface area (Å²) in [7, 11) is 0. The Morgan fingerprint density at radius 1 is 1.39 bits per heavy atom. The summed E-state index contributed by atoms with van der Waals surface area (Å²) < 4.78 is 12.7. The van der Waals surface area contributed by atoms with E-state index in [4.69, 9.17) is 0 Å². The van der Waals surface area contributed by atoms with Gasteiger partial charge in [0.05, 0.1) is 5.75 Å². The Labute approximate surface area is 111 Å². The molecule has 1 aliphatic rings. The van der Waals surface area contributed by atoms with Gasteiger partial charge in [0.2, 0.25) is 5.91 Å². The smallest absolute Gasteiger partial charge is 0.230 e. The van der Waals surface area contributed by atoms with Crippen LogP contribution >= 0.6 is 11.8 Å². The second-order valence-electron chi connectivity index (χ2n) is 4.44. The summed E-state index contributed by atoms with van der Waals surface area (Å²) in [5.74, 6) is 2.04. The zero-order valence-corrected chi connectivity index (χ0v) is 10.9. The number of benzene rings is 1. The first-order chi connectivity index (χ1) is 8.74. The van der Waals surface area contributed by atoms with E-state index in [9.17, 15) is 9.18 Å². The molecule has 1 heterocycles. The van der Waals surface area contributed by atoms with E-state index < -0.39 is 0 Å². The number of carbonyl (C=O) groups is 1. The van der Waals surface area contributed by atoms with E-state index >= 15 is 0 Å². The van der Waals surface area contributed by atoms with Crippen molar-refractivity contribution in [3.63, 3.8) is 0 Å². The van der Waals surface area contributed by atoms with Gasteiger partial charge in [-0.1, -0.05) is 12.1 Å². The van der Waals surface area contributed by atoms with Crippen molar-refractivity contribution in [2.24, 2.45) is 5.92 Å². The lowest BCUT2D eigenvalue weighted by Crippen LogP contribution is -2.43. The Balaban J connectivity index is 1.60. The van der Waals surface area contributed by atoms with Gasteiger partial charge < -0.3 is 10.6 Å². The summed E-state index contributed by atoms with van der Waals surface area (Å²) in [5, 5.41) is 6.04. The van der Waals surface area contributed by atoms with Crippen molar-refractivity contribution in [3.05, 3.63) is 35.6 Å². The molecule has 1 aromatic rings. The molecule has 18 heavy (non-hydrogen) atoms. The van der Waals surface area contributed by atoms with Gasteiger partial charge >= 0.3 is 0 Å². The lowest BCUT2D eigenvalue weighted by Gasteiger charge is -2.26. The fourth-order valence-electron chi connectivity index (χ4n) is 1.64. The second kappa shape index (κ2) is 6.75. The van der Waals surface area contributed by atoms with Crippen LogP contribution in [0, 0.1) is 11.7 Å². The van der Waals surface area contributed by atoms with Crippen molar-refractivity contribution in [2.75, 3.05) is 24.6 Å². The third-order valence-corrected chi connectivity index (χ3v) is 4.03. The molecule has 1 amide bonds. The fraction of sp³-hybridized carbons (Fsp3) is 0.462. The molecule has 98 valence electrons. The van der Waals surface area contributed by atoms with Crippen molar-refractivity contribution >= 4 is 17.7 Å². The van der Waals surface area contributed by atoms with E-state index in [-0.39, 0.29) is 11.7 Å². The monoisotopic (exact) mass is 268 g/mol. The molecule has 2 N–H and O–H groups in total. The second-order valence-corrected chi connectivity index (χ2v) is 5.47. The van der Waals surface area contributed by atoms with E-state index in [1.807, 2.05) is 0 Å². The topological polar surface area (TPSA) is 41.1 Å². The number of carbonyl (C=O) groups excluding carboxylic acids is 1. The van der Waals surface area contributed by atoms with Gasteiger partial charge in [-0.25, -0.2) is 4.39 Å². The summed E-state index contributed by atoms with van der Waals surface area (Å²) in [6.07, 6.45) is 0. The minimum absolute atomic E-state index is 0.0385. The van der Waals surface area contributed by atoms with Gasteiger partial charge in [0.1, 0.15) is 5.82 Å². The zero-order valence-electron chi connectivity index (χ0n) is 10.1. The number of rotatable bonds is 6. The maximum absolute atomic E-state index is 12.7. The van der Waals surface area contributed by atoms with Crippen molar-refractivity contribution in [3.8, 4) is 0 Å². The van der Waals surface area contributed by atoms with Crippen molar-refractivity contribution in [2.45, 2.75) is 6.54 Å². The summed E-state index contributed by atoms with van der Waals surface area (Å²) in [5.41, 5.74) is 0.915. The molecule has 1 aliphatic heterocycles. The van der Waals surface area contributed by atoms with E-state index in [0.717, 1.165) is 30.3 Å². The summed E-state index contributed by atoms with van der Waals surface area (Å²) in [4.78, 5) is 11.5. The molecule has 1 saturated heterocycles. The first-order valence-corrected chi connectivity index (χ1v) is 7.19. The third kappa shape index (κ3) is 4.31. The van der Waals surface area contributed by atoms with Crippen LogP contribution in [0.15, 0.2) is 24.3 Å². The van der Waals surface area contributed by atoms with Crippen LogP contribution < -0.4 is 10.6 Å². The van der Waals surface area contributed by atoms with Gasteiger partial charge in [-0.2, -0.15) is 11.8 Å². The van der Waals surface area contributed by atoms with Gasteiger partial charge in [-0.3, -0.25) is 4.79 Å². The number of amides is 1. The fourth-order valence-corrected chi connectivity index (χ4v) is 2.61. The molecule has 1 fully saturated rings.